The van der Waals surface area contributed by atoms with Crippen molar-refractivity contribution in [2.45, 2.75) is 40.2 Å². The van der Waals surface area contributed by atoms with Crippen LogP contribution in [0.3, 0.4) is 0 Å². The van der Waals surface area contributed by atoms with Gasteiger partial charge in [-0.15, -0.1) is 0 Å². The molecule has 6 heteroatoms. The second-order valence-electron chi connectivity index (χ2n) is 4.76. The topological polar surface area (TPSA) is 84.3 Å². The van der Waals surface area contributed by atoms with Gasteiger partial charge in [0.25, 0.3) is 5.56 Å². The van der Waals surface area contributed by atoms with Crippen LogP contribution < -0.4 is 11.2 Å². The minimum absolute atomic E-state index is 0.0887. The number of aromatic amines is 1. The van der Waals surface area contributed by atoms with Crippen molar-refractivity contribution in [1.29, 1.82) is 0 Å². The van der Waals surface area contributed by atoms with Gasteiger partial charge in [0.05, 0.1) is 18.2 Å². The summed E-state index contributed by atoms with van der Waals surface area (Å²) in [5, 5.41) is 10.2. The monoisotopic (exact) mass is 270 g/mol. The molecule has 0 saturated carbocycles. The van der Waals surface area contributed by atoms with Crippen LogP contribution in [0.25, 0.3) is 0 Å². The Morgan fingerprint density at radius 3 is 2.42 bits per heavy atom. The summed E-state index contributed by atoms with van der Waals surface area (Å²) in [6.45, 7) is 8.34. The molecular formula is C13H22N2O4. The van der Waals surface area contributed by atoms with Gasteiger partial charge < -0.3 is 9.84 Å². The second kappa shape index (κ2) is 6.56. The van der Waals surface area contributed by atoms with E-state index in [0.717, 1.165) is 0 Å². The number of aromatic hydroxyl groups is 1. The third-order valence-corrected chi connectivity index (χ3v) is 3.16. The second-order valence-corrected chi connectivity index (χ2v) is 4.76. The highest BCUT2D eigenvalue weighted by Gasteiger charge is 2.23. The number of nitrogens with one attached hydrogen (secondary N) is 1. The van der Waals surface area contributed by atoms with E-state index in [-0.39, 0.29) is 23.4 Å². The first-order valence-electron chi connectivity index (χ1n) is 6.58. The maximum absolute atomic E-state index is 11.9. The number of hydrogen-bond donors (Lipinski definition) is 2. The van der Waals surface area contributed by atoms with E-state index in [2.05, 4.69) is 4.98 Å². The number of H-pyrrole nitrogens is 1. The zero-order chi connectivity index (χ0) is 14.6. The van der Waals surface area contributed by atoms with Gasteiger partial charge in [0, 0.05) is 6.61 Å². The highest BCUT2D eigenvalue weighted by molar-refractivity contribution is 5.23. The van der Waals surface area contributed by atoms with Crippen LogP contribution in [-0.4, -0.2) is 27.9 Å². The summed E-state index contributed by atoms with van der Waals surface area (Å²) in [6, 6.07) is -0.311. The molecule has 108 valence electrons. The molecule has 0 bridgehead atoms. The smallest absolute Gasteiger partial charge is 0.331 e. The molecule has 0 aromatic carbocycles. The largest absolute Gasteiger partial charge is 0.494 e. The van der Waals surface area contributed by atoms with E-state index < -0.39 is 11.2 Å². The van der Waals surface area contributed by atoms with Crippen LogP contribution in [0.2, 0.25) is 0 Å². The van der Waals surface area contributed by atoms with Crippen LogP contribution in [-0.2, 0) is 11.2 Å². The van der Waals surface area contributed by atoms with E-state index in [4.69, 9.17) is 4.74 Å². The standard InChI is InChI=1S/C13H22N2O4/c1-5-9-11(16)14-13(18)15(12(9)17)10(8(3)4)7-19-6-2/h8,10,17H,5-7H2,1-4H3,(H,14,16,18). The average molecular weight is 270 g/mol. The molecule has 0 aliphatic carbocycles. The molecule has 0 amide bonds. The van der Waals surface area contributed by atoms with Gasteiger partial charge in [0.1, 0.15) is 0 Å². The minimum Gasteiger partial charge on any atom is -0.494 e. The summed E-state index contributed by atoms with van der Waals surface area (Å²) < 4.78 is 6.59. The normalized spacial score (nSPS) is 12.9. The van der Waals surface area contributed by atoms with E-state index in [1.807, 2.05) is 20.8 Å². The zero-order valence-corrected chi connectivity index (χ0v) is 11.9. The fourth-order valence-electron chi connectivity index (χ4n) is 2.01. The van der Waals surface area contributed by atoms with Crippen LogP contribution in [0, 0.1) is 5.92 Å². The van der Waals surface area contributed by atoms with Crippen molar-refractivity contribution in [2.24, 2.45) is 5.92 Å². The number of hydrogen-bond acceptors (Lipinski definition) is 4. The molecule has 0 aliphatic heterocycles. The fraction of sp³-hybridized carbons (Fsp3) is 0.692. The molecule has 0 fully saturated rings. The highest BCUT2D eigenvalue weighted by atomic mass is 16.5. The van der Waals surface area contributed by atoms with Crippen molar-refractivity contribution < 1.29 is 9.84 Å². The summed E-state index contributed by atoms with van der Waals surface area (Å²) in [4.78, 5) is 25.8. The Morgan fingerprint density at radius 2 is 1.95 bits per heavy atom. The molecule has 0 aliphatic rings. The Labute approximate surface area is 112 Å². The first-order valence-corrected chi connectivity index (χ1v) is 6.58. The van der Waals surface area contributed by atoms with Crippen molar-refractivity contribution in [3.63, 3.8) is 0 Å². The van der Waals surface area contributed by atoms with Gasteiger partial charge in [-0.1, -0.05) is 20.8 Å². The van der Waals surface area contributed by atoms with Crippen LogP contribution >= 0.6 is 0 Å². The third-order valence-electron chi connectivity index (χ3n) is 3.16. The highest BCUT2D eigenvalue weighted by Crippen LogP contribution is 2.22. The van der Waals surface area contributed by atoms with Crippen molar-refractivity contribution in [2.75, 3.05) is 13.2 Å². The molecule has 19 heavy (non-hydrogen) atoms. The van der Waals surface area contributed by atoms with Gasteiger partial charge in [-0.25, -0.2) is 4.79 Å². The number of rotatable bonds is 6. The zero-order valence-electron chi connectivity index (χ0n) is 11.9. The van der Waals surface area contributed by atoms with E-state index in [1.165, 1.54) is 4.57 Å². The van der Waals surface area contributed by atoms with Gasteiger partial charge in [-0.2, -0.15) is 0 Å². The molecule has 1 atom stereocenters. The lowest BCUT2D eigenvalue weighted by Crippen LogP contribution is -2.37. The third kappa shape index (κ3) is 3.26. The molecule has 1 aromatic rings. The lowest BCUT2D eigenvalue weighted by atomic mass is 10.0. The molecule has 6 nitrogen and oxygen atoms in total. The quantitative estimate of drug-likeness (QED) is 0.809. The van der Waals surface area contributed by atoms with E-state index >= 15 is 0 Å². The number of nitrogens with zero attached hydrogens (tertiary/aromatic N) is 1. The SMILES string of the molecule is CCOCC(C(C)C)n1c(O)c(CC)c(=O)[nH]c1=O. The molecule has 0 radical (unpaired) electrons. The maximum atomic E-state index is 11.9. The Bertz CT molecular complexity index is 530. The van der Waals surface area contributed by atoms with Gasteiger partial charge in [-0.05, 0) is 19.3 Å². The minimum atomic E-state index is -0.599. The molecular weight excluding hydrogens is 248 g/mol. The molecule has 1 heterocycles. The Kier molecular flexibility index (Phi) is 5.35. The van der Waals surface area contributed by atoms with Crippen molar-refractivity contribution in [3.05, 3.63) is 26.4 Å². The lowest BCUT2D eigenvalue weighted by molar-refractivity contribution is 0.0903. The van der Waals surface area contributed by atoms with Crippen molar-refractivity contribution in [1.82, 2.24) is 9.55 Å². The molecule has 2 N–H and O–H groups in total. The molecule has 0 saturated heterocycles. The Hall–Kier alpha value is -1.56. The molecule has 1 rings (SSSR count). The first kappa shape index (κ1) is 15.5. The summed E-state index contributed by atoms with van der Waals surface area (Å²) in [6.07, 6.45) is 0.362. The Morgan fingerprint density at radius 1 is 1.32 bits per heavy atom. The average Bonchev–Trinajstić information content (AvgIpc) is 2.32. The van der Waals surface area contributed by atoms with Crippen LogP contribution in [0.1, 0.15) is 39.3 Å². The Balaban J connectivity index is 3.38. The molecule has 0 spiro atoms. The summed E-state index contributed by atoms with van der Waals surface area (Å²) in [5.41, 5.74) is -0.903. The predicted molar refractivity (Wildman–Crippen MR) is 72.7 cm³/mol. The van der Waals surface area contributed by atoms with E-state index in [1.54, 1.807) is 6.92 Å². The van der Waals surface area contributed by atoms with Gasteiger partial charge in [0.2, 0.25) is 5.88 Å². The van der Waals surface area contributed by atoms with E-state index in [9.17, 15) is 14.7 Å². The van der Waals surface area contributed by atoms with Crippen molar-refractivity contribution in [3.8, 4) is 5.88 Å². The summed E-state index contributed by atoms with van der Waals surface area (Å²) >= 11 is 0. The van der Waals surface area contributed by atoms with Gasteiger partial charge in [-0.3, -0.25) is 14.3 Å². The molecule has 1 aromatic heterocycles. The maximum Gasteiger partial charge on any atom is 0.331 e. The summed E-state index contributed by atoms with van der Waals surface area (Å²) in [5.74, 6) is -0.166. The molecule has 1 unspecified atom stereocenters. The van der Waals surface area contributed by atoms with Crippen LogP contribution in [0.5, 0.6) is 5.88 Å². The van der Waals surface area contributed by atoms with Gasteiger partial charge in [0.15, 0.2) is 0 Å². The van der Waals surface area contributed by atoms with Crippen LogP contribution in [0.15, 0.2) is 9.59 Å². The fourth-order valence-corrected chi connectivity index (χ4v) is 2.01. The van der Waals surface area contributed by atoms with Gasteiger partial charge >= 0.3 is 5.69 Å². The number of ether oxygens (including phenoxy) is 1. The number of aromatic nitrogens is 2. The summed E-state index contributed by atoms with van der Waals surface area (Å²) in [7, 11) is 0. The van der Waals surface area contributed by atoms with Crippen LogP contribution in [0.4, 0.5) is 0 Å². The van der Waals surface area contributed by atoms with Crippen molar-refractivity contribution >= 4 is 0 Å². The lowest BCUT2D eigenvalue weighted by Gasteiger charge is -2.24. The first-order chi connectivity index (χ1) is 8.93. The predicted octanol–water partition coefficient (Wildman–Crippen LogP) is 1.04. The van der Waals surface area contributed by atoms with E-state index in [0.29, 0.717) is 19.6 Å².